The third-order valence-corrected chi connectivity index (χ3v) is 4.51. The second kappa shape index (κ2) is 7.53. The predicted molar refractivity (Wildman–Crippen MR) is 91.9 cm³/mol. The van der Waals surface area contributed by atoms with Gasteiger partial charge in [-0.1, -0.05) is 22.9 Å². The Morgan fingerprint density at radius 1 is 1.39 bits per heavy atom. The minimum atomic E-state index is -4.74. The van der Waals surface area contributed by atoms with Crippen LogP contribution in [0.3, 0.4) is 0 Å². The number of pyridine rings is 1. The second-order valence-electron chi connectivity index (χ2n) is 5.41. The van der Waals surface area contributed by atoms with E-state index in [4.69, 9.17) is 16.9 Å². The molecule has 0 saturated carbocycles. The lowest BCUT2D eigenvalue weighted by atomic mass is 10.2. The molecule has 144 valence electrons. The number of halogens is 4. The molecule has 0 aliphatic heterocycles. The highest BCUT2D eigenvalue weighted by Crippen LogP contribution is 2.29. The first-order valence-electron chi connectivity index (χ1n) is 7.51. The average Bonchev–Trinajstić information content (AvgIpc) is 3.29. The Kier molecular flexibility index (Phi) is 5.30. The van der Waals surface area contributed by atoms with Crippen LogP contribution in [0.2, 0.25) is 5.15 Å². The third-order valence-electron chi connectivity index (χ3n) is 3.44. The summed E-state index contributed by atoms with van der Waals surface area (Å²) in [6.07, 6.45) is -2.14. The first-order valence-corrected chi connectivity index (χ1v) is 8.70. The molecule has 0 aliphatic carbocycles. The summed E-state index contributed by atoms with van der Waals surface area (Å²) in [6.45, 7) is 1.57. The molecule has 0 bridgehead atoms. The fraction of sp³-hybridized carbons (Fsp3) is 0.200. The van der Waals surface area contributed by atoms with Crippen LogP contribution in [0.1, 0.15) is 39.7 Å². The van der Waals surface area contributed by atoms with Crippen molar-refractivity contribution in [3.63, 3.8) is 0 Å². The molecule has 0 spiro atoms. The molecule has 3 aromatic heterocycles. The maximum absolute atomic E-state index is 12.9. The average molecular weight is 428 g/mol. The molecule has 8 nitrogen and oxygen atoms in total. The van der Waals surface area contributed by atoms with Crippen LogP contribution in [-0.4, -0.2) is 30.6 Å². The van der Waals surface area contributed by atoms with Gasteiger partial charge in [-0.15, -0.1) is 0 Å². The zero-order valence-corrected chi connectivity index (χ0v) is 15.5. The third kappa shape index (κ3) is 4.10. The highest BCUT2D eigenvalue weighted by Gasteiger charge is 2.34. The number of aromatic nitrogens is 5. The summed E-state index contributed by atoms with van der Waals surface area (Å²) in [6, 6.07) is 2.86. The normalized spacial score (nSPS) is 12.4. The molecule has 3 heterocycles. The molecule has 0 unspecified atom stereocenters. The van der Waals surface area contributed by atoms with E-state index < -0.39 is 29.0 Å². The van der Waals surface area contributed by atoms with Crippen molar-refractivity contribution in [2.24, 2.45) is 0 Å². The predicted octanol–water partition coefficient (Wildman–Crippen LogP) is 3.15. The fourth-order valence-corrected chi connectivity index (χ4v) is 3.11. The quantitative estimate of drug-likeness (QED) is 0.640. The van der Waals surface area contributed by atoms with Gasteiger partial charge in [-0.25, -0.2) is 15.0 Å². The van der Waals surface area contributed by atoms with Gasteiger partial charge in [-0.05, 0) is 19.1 Å². The highest BCUT2D eigenvalue weighted by molar-refractivity contribution is 7.14. The first-order chi connectivity index (χ1) is 13.2. The zero-order chi connectivity index (χ0) is 20.5. The van der Waals surface area contributed by atoms with Crippen LogP contribution in [-0.2, 0) is 6.18 Å². The number of hydrogen-bond donors (Lipinski definition) is 1. The summed E-state index contributed by atoms with van der Waals surface area (Å²) in [4.78, 5) is 24.0. The molecule has 1 atom stereocenters. The van der Waals surface area contributed by atoms with Gasteiger partial charge >= 0.3 is 6.18 Å². The number of carbonyl (C=O) groups excluding carboxylic acids is 1. The highest BCUT2D eigenvalue weighted by atomic mass is 35.5. The van der Waals surface area contributed by atoms with Crippen molar-refractivity contribution >= 4 is 28.8 Å². The molecule has 1 amide bonds. The van der Waals surface area contributed by atoms with E-state index >= 15 is 0 Å². The maximum Gasteiger partial charge on any atom is 0.433 e. The van der Waals surface area contributed by atoms with Crippen LogP contribution in [0.25, 0.3) is 5.13 Å². The van der Waals surface area contributed by atoms with Crippen LogP contribution >= 0.6 is 22.9 Å². The lowest BCUT2D eigenvalue weighted by Gasteiger charge is -2.14. The van der Waals surface area contributed by atoms with Gasteiger partial charge in [0.1, 0.15) is 28.1 Å². The largest absolute Gasteiger partial charge is 0.433 e. The van der Waals surface area contributed by atoms with Crippen molar-refractivity contribution in [3.8, 4) is 11.2 Å². The van der Waals surface area contributed by atoms with E-state index in [9.17, 15) is 18.0 Å². The summed E-state index contributed by atoms with van der Waals surface area (Å²) in [5.41, 5.74) is -1.57. The molecule has 13 heteroatoms. The van der Waals surface area contributed by atoms with Crippen molar-refractivity contribution in [1.29, 1.82) is 5.26 Å². The van der Waals surface area contributed by atoms with E-state index in [0.717, 1.165) is 17.4 Å². The minimum Gasteiger partial charge on any atom is -0.342 e. The van der Waals surface area contributed by atoms with E-state index in [1.54, 1.807) is 6.92 Å². The molecule has 0 aliphatic rings. The van der Waals surface area contributed by atoms with Crippen LogP contribution < -0.4 is 5.32 Å². The Morgan fingerprint density at radius 3 is 2.79 bits per heavy atom. The van der Waals surface area contributed by atoms with Crippen molar-refractivity contribution in [1.82, 2.24) is 30.0 Å². The molecule has 3 rings (SSSR count). The second-order valence-corrected chi connectivity index (χ2v) is 6.80. The lowest BCUT2D eigenvalue weighted by molar-refractivity contribution is -0.141. The Morgan fingerprint density at radius 2 is 2.14 bits per heavy atom. The minimum absolute atomic E-state index is 0.281. The molecule has 0 saturated heterocycles. The number of carbonyl (C=O) groups is 1. The van der Waals surface area contributed by atoms with Crippen molar-refractivity contribution < 1.29 is 18.0 Å². The molecule has 1 N–H and O–H groups in total. The first kappa shape index (κ1) is 19.7. The van der Waals surface area contributed by atoms with Crippen LogP contribution in [0.4, 0.5) is 13.2 Å². The van der Waals surface area contributed by atoms with Gasteiger partial charge < -0.3 is 5.32 Å². The Balaban J connectivity index is 1.84. The molecule has 0 aromatic carbocycles. The van der Waals surface area contributed by atoms with Crippen molar-refractivity contribution in [3.05, 3.63) is 51.8 Å². The van der Waals surface area contributed by atoms with Gasteiger partial charge in [0.05, 0.1) is 12.2 Å². The van der Waals surface area contributed by atoms with Crippen LogP contribution in [0.5, 0.6) is 0 Å². The molecular weight excluding hydrogens is 419 g/mol. The maximum atomic E-state index is 12.9. The smallest absolute Gasteiger partial charge is 0.342 e. The zero-order valence-electron chi connectivity index (χ0n) is 13.9. The van der Waals surface area contributed by atoms with E-state index in [1.165, 1.54) is 17.2 Å². The van der Waals surface area contributed by atoms with Gasteiger partial charge in [-0.2, -0.15) is 28.2 Å². The van der Waals surface area contributed by atoms with E-state index in [-0.39, 0.29) is 11.4 Å². The van der Waals surface area contributed by atoms with Gasteiger partial charge in [0.15, 0.2) is 5.82 Å². The summed E-state index contributed by atoms with van der Waals surface area (Å²) in [5, 5.41) is 15.3. The summed E-state index contributed by atoms with van der Waals surface area (Å²) < 4.78 is 39.9. The van der Waals surface area contributed by atoms with E-state index in [1.807, 2.05) is 6.07 Å². The molecule has 28 heavy (non-hydrogen) atoms. The number of nitriles is 1. The lowest BCUT2D eigenvalue weighted by Crippen LogP contribution is -2.29. The van der Waals surface area contributed by atoms with Gasteiger partial charge in [0, 0.05) is 5.56 Å². The number of thiazole rings is 1. The van der Waals surface area contributed by atoms with Gasteiger partial charge in [0.25, 0.3) is 5.91 Å². The van der Waals surface area contributed by atoms with E-state index in [0.29, 0.717) is 16.1 Å². The Hall–Kier alpha value is -3.04. The standard InChI is InChI=1S/C15H9ClF3N7OS/c1-7(12-22-6-23-26(12)14-21-5-9(4-20)28-14)24-13(27)8-2-10(15(17,18)19)25-11(16)3-8/h2-3,5-7H,1H3,(H,24,27)/t7-/m0/s1. The molecular formula is C15H9ClF3N7OS. The summed E-state index contributed by atoms with van der Waals surface area (Å²) in [7, 11) is 0. The monoisotopic (exact) mass is 427 g/mol. The van der Waals surface area contributed by atoms with Crippen LogP contribution in [0, 0.1) is 11.3 Å². The number of alkyl halides is 3. The fourth-order valence-electron chi connectivity index (χ4n) is 2.23. The number of amides is 1. The topological polar surface area (TPSA) is 109 Å². The van der Waals surface area contributed by atoms with Gasteiger partial charge in [0.2, 0.25) is 5.13 Å². The Labute approximate surface area is 164 Å². The molecule has 0 radical (unpaired) electrons. The number of hydrogen-bond acceptors (Lipinski definition) is 7. The van der Waals surface area contributed by atoms with E-state index in [2.05, 4.69) is 25.4 Å². The summed E-state index contributed by atoms with van der Waals surface area (Å²) in [5.74, 6) is -0.517. The number of rotatable bonds is 4. The van der Waals surface area contributed by atoms with Gasteiger partial charge in [-0.3, -0.25) is 4.79 Å². The molecule has 0 fully saturated rings. The molecule has 3 aromatic rings. The SMILES string of the molecule is C[C@H](NC(=O)c1cc(Cl)nc(C(F)(F)F)c1)c1ncnn1-c1ncc(C#N)s1. The van der Waals surface area contributed by atoms with Crippen molar-refractivity contribution in [2.45, 2.75) is 19.1 Å². The number of nitrogens with zero attached hydrogens (tertiary/aromatic N) is 6. The Bertz CT molecular complexity index is 1070. The summed E-state index contributed by atoms with van der Waals surface area (Å²) >= 11 is 6.68. The number of nitrogens with one attached hydrogen (secondary N) is 1. The van der Waals surface area contributed by atoms with Crippen LogP contribution in [0.15, 0.2) is 24.7 Å². The van der Waals surface area contributed by atoms with Crippen molar-refractivity contribution in [2.75, 3.05) is 0 Å².